The van der Waals surface area contributed by atoms with Crippen LogP contribution in [0.3, 0.4) is 0 Å². The number of sulfonamides is 1. The Hall–Kier alpha value is -1.99. The van der Waals surface area contributed by atoms with Gasteiger partial charge < -0.3 is 4.90 Å². The minimum atomic E-state index is -3.51. The molecule has 0 bridgehead atoms. The molecule has 1 aromatic heterocycles. The van der Waals surface area contributed by atoms with Crippen LogP contribution in [-0.2, 0) is 10.0 Å². The number of hydrogen-bond acceptors (Lipinski definition) is 5. The van der Waals surface area contributed by atoms with Crippen molar-refractivity contribution in [1.29, 1.82) is 0 Å². The fourth-order valence-electron chi connectivity index (χ4n) is 2.92. The van der Waals surface area contributed by atoms with E-state index in [0.29, 0.717) is 17.4 Å². The fraction of sp³-hybridized carbons (Fsp3) is 0.412. The van der Waals surface area contributed by atoms with Crippen LogP contribution in [0.4, 0.5) is 5.95 Å². The van der Waals surface area contributed by atoms with Gasteiger partial charge in [0.25, 0.3) is 0 Å². The molecule has 0 radical (unpaired) electrons. The molecule has 0 spiro atoms. The van der Waals surface area contributed by atoms with Gasteiger partial charge in [0.2, 0.25) is 16.0 Å². The van der Waals surface area contributed by atoms with Gasteiger partial charge in [0.15, 0.2) is 0 Å². The van der Waals surface area contributed by atoms with Crippen molar-refractivity contribution in [3.8, 4) is 0 Å². The first-order chi connectivity index (χ1) is 11.5. The first kappa shape index (κ1) is 16.9. The summed E-state index contributed by atoms with van der Waals surface area (Å²) in [5, 5.41) is 0. The second-order valence-electron chi connectivity index (χ2n) is 6.14. The molecule has 1 atom stereocenters. The second kappa shape index (κ2) is 6.86. The molecule has 1 N–H and O–H groups in total. The molecule has 1 aromatic carbocycles. The summed E-state index contributed by atoms with van der Waals surface area (Å²) in [6.07, 6.45) is 5.34. The van der Waals surface area contributed by atoms with Crippen molar-refractivity contribution in [2.75, 3.05) is 18.0 Å². The molecule has 0 amide bonds. The molecule has 0 aliphatic carbocycles. The van der Waals surface area contributed by atoms with Crippen molar-refractivity contribution >= 4 is 16.0 Å². The molecule has 2 heterocycles. The van der Waals surface area contributed by atoms with Crippen LogP contribution in [0.15, 0.2) is 41.6 Å². The van der Waals surface area contributed by atoms with Crippen LogP contribution in [0.2, 0.25) is 0 Å². The third kappa shape index (κ3) is 3.57. The molecule has 2 aromatic rings. The van der Waals surface area contributed by atoms with Crippen molar-refractivity contribution in [3.05, 3.63) is 47.8 Å². The topological polar surface area (TPSA) is 75.2 Å². The number of aromatic nitrogens is 2. The Balaban J connectivity index is 1.71. The van der Waals surface area contributed by atoms with Gasteiger partial charge in [-0.25, -0.2) is 23.1 Å². The third-order valence-electron chi connectivity index (χ3n) is 4.48. The summed E-state index contributed by atoms with van der Waals surface area (Å²) in [5.74, 6) is 0.658. The number of nitrogens with zero attached hydrogens (tertiary/aromatic N) is 3. The summed E-state index contributed by atoms with van der Waals surface area (Å²) in [5.41, 5.74) is 2.05. The summed E-state index contributed by atoms with van der Waals surface area (Å²) < 4.78 is 27.8. The van der Waals surface area contributed by atoms with Crippen LogP contribution in [0.1, 0.15) is 24.0 Å². The van der Waals surface area contributed by atoms with Crippen LogP contribution in [0, 0.1) is 13.8 Å². The standard InChI is InChI=1S/C17H22N4O2S/c1-13-6-7-16(11-14(13)2)24(22,23)20-12-15-5-3-10-21(15)17-18-8-4-9-19-17/h4,6-9,11,15,20H,3,5,10,12H2,1-2H3. The highest BCUT2D eigenvalue weighted by Crippen LogP contribution is 2.22. The van der Waals surface area contributed by atoms with Crippen LogP contribution in [0.5, 0.6) is 0 Å². The number of hydrogen-bond donors (Lipinski definition) is 1. The minimum absolute atomic E-state index is 0.0775. The van der Waals surface area contributed by atoms with Gasteiger partial charge in [-0.2, -0.15) is 0 Å². The van der Waals surface area contributed by atoms with E-state index in [1.807, 2.05) is 19.9 Å². The van der Waals surface area contributed by atoms with E-state index in [9.17, 15) is 8.42 Å². The molecule has 3 rings (SSSR count). The van der Waals surface area contributed by atoms with Crippen molar-refractivity contribution < 1.29 is 8.42 Å². The molecule has 6 nitrogen and oxygen atoms in total. The zero-order valence-corrected chi connectivity index (χ0v) is 14.8. The summed E-state index contributed by atoms with van der Waals surface area (Å²) >= 11 is 0. The highest BCUT2D eigenvalue weighted by atomic mass is 32.2. The zero-order chi connectivity index (χ0) is 17.2. The Bertz CT molecular complexity index is 809. The van der Waals surface area contributed by atoms with Crippen LogP contribution in [0.25, 0.3) is 0 Å². The zero-order valence-electron chi connectivity index (χ0n) is 13.9. The highest BCUT2D eigenvalue weighted by molar-refractivity contribution is 7.89. The van der Waals surface area contributed by atoms with E-state index in [1.54, 1.807) is 30.6 Å². The summed E-state index contributed by atoms with van der Waals surface area (Å²) in [6.45, 7) is 5.09. The number of aryl methyl sites for hydroxylation is 2. The van der Waals surface area contributed by atoms with Crippen LogP contribution in [-0.4, -0.2) is 37.5 Å². The smallest absolute Gasteiger partial charge is 0.240 e. The molecule has 128 valence electrons. The molecule has 7 heteroatoms. The lowest BCUT2D eigenvalue weighted by Gasteiger charge is -2.24. The van der Waals surface area contributed by atoms with Gasteiger partial charge in [0, 0.05) is 31.5 Å². The molecule has 1 fully saturated rings. The minimum Gasteiger partial charge on any atom is -0.337 e. The van der Waals surface area contributed by atoms with Gasteiger partial charge in [0.05, 0.1) is 4.90 Å². The predicted molar refractivity (Wildman–Crippen MR) is 93.5 cm³/mol. The quantitative estimate of drug-likeness (QED) is 0.897. The van der Waals surface area contributed by atoms with E-state index >= 15 is 0 Å². The lowest BCUT2D eigenvalue weighted by Crippen LogP contribution is -2.40. The van der Waals surface area contributed by atoms with Gasteiger partial charge in [-0.3, -0.25) is 0 Å². The van der Waals surface area contributed by atoms with E-state index < -0.39 is 10.0 Å². The Kier molecular flexibility index (Phi) is 4.82. The molecule has 0 saturated carbocycles. The van der Waals surface area contributed by atoms with Gasteiger partial charge in [-0.15, -0.1) is 0 Å². The SMILES string of the molecule is Cc1ccc(S(=O)(=O)NCC2CCCN2c2ncccn2)cc1C. The molecule has 24 heavy (non-hydrogen) atoms. The van der Waals surface area contributed by atoms with Crippen molar-refractivity contribution in [2.24, 2.45) is 0 Å². The monoisotopic (exact) mass is 346 g/mol. The first-order valence-electron chi connectivity index (χ1n) is 8.08. The normalized spacial score (nSPS) is 18.1. The van der Waals surface area contributed by atoms with Crippen LogP contribution >= 0.6 is 0 Å². The molecule has 1 saturated heterocycles. The lowest BCUT2D eigenvalue weighted by molar-refractivity contribution is 0.565. The average molecular weight is 346 g/mol. The number of benzene rings is 1. The molecule has 1 unspecified atom stereocenters. The molecular weight excluding hydrogens is 324 g/mol. The van der Waals surface area contributed by atoms with Gasteiger partial charge in [0.1, 0.15) is 0 Å². The third-order valence-corrected chi connectivity index (χ3v) is 5.91. The Morgan fingerprint density at radius 3 is 2.67 bits per heavy atom. The largest absolute Gasteiger partial charge is 0.337 e. The molecule has 1 aliphatic heterocycles. The Labute approximate surface area is 143 Å². The molecular formula is C17H22N4O2S. The van der Waals surface area contributed by atoms with Crippen molar-refractivity contribution in [3.63, 3.8) is 0 Å². The maximum absolute atomic E-state index is 12.5. The van der Waals surface area contributed by atoms with Crippen LogP contribution < -0.4 is 9.62 Å². The number of rotatable bonds is 5. The fourth-order valence-corrected chi connectivity index (χ4v) is 4.08. The second-order valence-corrected chi connectivity index (χ2v) is 7.90. The van der Waals surface area contributed by atoms with Gasteiger partial charge in [-0.1, -0.05) is 6.07 Å². The lowest BCUT2D eigenvalue weighted by atomic mass is 10.1. The maximum Gasteiger partial charge on any atom is 0.240 e. The number of nitrogens with one attached hydrogen (secondary N) is 1. The van der Waals surface area contributed by atoms with E-state index in [4.69, 9.17) is 0 Å². The van der Waals surface area contributed by atoms with E-state index in [-0.39, 0.29) is 6.04 Å². The first-order valence-corrected chi connectivity index (χ1v) is 9.56. The van der Waals surface area contributed by atoms with Crippen molar-refractivity contribution in [2.45, 2.75) is 37.6 Å². The predicted octanol–water partition coefficient (Wildman–Crippen LogP) is 2.04. The van der Waals surface area contributed by atoms with Gasteiger partial charge >= 0.3 is 0 Å². The average Bonchev–Trinajstić information content (AvgIpc) is 3.05. The maximum atomic E-state index is 12.5. The Morgan fingerprint density at radius 2 is 1.96 bits per heavy atom. The molecule has 1 aliphatic rings. The van der Waals surface area contributed by atoms with E-state index in [1.165, 1.54) is 0 Å². The number of anilines is 1. The summed E-state index contributed by atoms with van der Waals surface area (Å²) in [7, 11) is -3.51. The van der Waals surface area contributed by atoms with Gasteiger partial charge in [-0.05, 0) is 56.0 Å². The van der Waals surface area contributed by atoms with E-state index in [0.717, 1.165) is 30.5 Å². The summed E-state index contributed by atoms with van der Waals surface area (Å²) in [6, 6.07) is 7.05. The highest BCUT2D eigenvalue weighted by Gasteiger charge is 2.28. The Morgan fingerprint density at radius 1 is 1.21 bits per heavy atom. The summed E-state index contributed by atoms with van der Waals surface area (Å²) in [4.78, 5) is 10.9. The van der Waals surface area contributed by atoms with E-state index in [2.05, 4.69) is 19.6 Å². The van der Waals surface area contributed by atoms with Crippen molar-refractivity contribution in [1.82, 2.24) is 14.7 Å².